The molecule has 0 aromatic heterocycles. The Balaban J connectivity index is 2.33. The molecule has 1 saturated carbocycles. The second-order valence-electron chi connectivity index (χ2n) is 5.67. The Labute approximate surface area is 87.7 Å². The van der Waals surface area contributed by atoms with Crippen LogP contribution in [0.5, 0.6) is 0 Å². The SMILES string of the molecule is CC(CC#N)NCC1C(C)(C)C1(C)C. The molecule has 0 amide bonds. The second kappa shape index (κ2) is 3.55. The summed E-state index contributed by atoms with van der Waals surface area (Å²) in [5, 5.41) is 12.0. The van der Waals surface area contributed by atoms with Crippen LogP contribution in [-0.2, 0) is 0 Å². The molecule has 1 aliphatic carbocycles. The van der Waals surface area contributed by atoms with E-state index in [0.29, 0.717) is 23.3 Å². The highest BCUT2D eigenvalue weighted by Crippen LogP contribution is 2.67. The lowest BCUT2D eigenvalue weighted by Gasteiger charge is -2.10. The monoisotopic (exact) mass is 194 g/mol. The van der Waals surface area contributed by atoms with Crippen molar-refractivity contribution in [2.45, 2.75) is 47.1 Å². The van der Waals surface area contributed by atoms with Crippen LogP contribution in [0.15, 0.2) is 0 Å². The molecule has 2 heteroatoms. The van der Waals surface area contributed by atoms with Crippen LogP contribution in [0.3, 0.4) is 0 Å². The lowest BCUT2D eigenvalue weighted by atomic mass is 10.0. The van der Waals surface area contributed by atoms with E-state index in [2.05, 4.69) is 46.0 Å². The van der Waals surface area contributed by atoms with Gasteiger partial charge in [-0.25, -0.2) is 0 Å². The van der Waals surface area contributed by atoms with Crippen LogP contribution >= 0.6 is 0 Å². The van der Waals surface area contributed by atoms with Gasteiger partial charge in [-0.3, -0.25) is 0 Å². The van der Waals surface area contributed by atoms with E-state index in [1.165, 1.54) is 0 Å². The number of rotatable bonds is 4. The fourth-order valence-electron chi connectivity index (χ4n) is 2.37. The van der Waals surface area contributed by atoms with Crippen molar-refractivity contribution in [1.29, 1.82) is 5.26 Å². The molecular formula is C12H22N2. The number of hydrogen-bond acceptors (Lipinski definition) is 2. The molecule has 0 heterocycles. The summed E-state index contributed by atoms with van der Waals surface area (Å²) in [4.78, 5) is 0. The molecule has 80 valence electrons. The van der Waals surface area contributed by atoms with Gasteiger partial charge in [0.15, 0.2) is 0 Å². The van der Waals surface area contributed by atoms with Gasteiger partial charge in [-0.15, -0.1) is 0 Å². The maximum Gasteiger partial charge on any atom is 0.0638 e. The van der Waals surface area contributed by atoms with E-state index in [0.717, 1.165) is 12.5 Å². The Kier molecular flexibility index (Phi) is 2.92. The zero-order chi connectivity index (χ0) is 11.0. The van der Waals surface area contributed by atoms with Gasteiger partial charge in [0.1, 0.15) is 0 Å². The summed E-state index contributed by atoms with van der Waals surface area (Å²) in [6.07, 6.45) is 0.605. The molecule has 0 aromatic rings. The zero-order valence-corrected chi connectivity index (χ0v) is 10.0. The maximum atomic E-state index is 8.53. The van der Waals surface area contributed by atoms with Gasteiger partial charge in [-0.1, -0.05) is 27.7 Å². The first kappa shape index (κ1) is 11.5. The number of nitrogens with zero attached hydrogens (tertiary/aromatic N) is 1. The summed E-state index contributed by atoms with van der Waals surface area (Å²) < 4.78 is 0. The van der Waals surface area contributed by atoms with Crippen molar-refractivity contribution in [3.63, 3.8) is 0 Å². The van der Waals surface area contributed by atoms with Crippen LogP contribution in [0.2, 0.25) is 0 Å². The molecule has 1 N–H and O–H groups in total. The minimum atomic E-state index is 0.326. The Morgan fingerprint density at radius 2 is 1.79 bits per heavy atom. The lowest BCUT2D eigenvalue weighted by Crippen LogP contribution is -2.28. The van der Waals surface area contributed by atoms with Gasteiger partial charge in [-0.05, 0) is 30.2 Å². The van der Waals surface area contributed by atoms with Crippen LogP contribution < -0.4 is 5.32 Å². The normalized spacial score (nSPS) is 25.4. The van der Waals surface area contributed by atoms with Gasteiger partial charge in [-0.2, -0.15) is 5.26 Å². The maximum absolute atomic E-state index is 8.53. The average molecular weight is 194 g/mol. The van der Waals surface area contributed by atoms with Crippen molar-refractivity contribution in [3.05, 3.63) is 0 Å². The number of hydrogen-bond donors (Lipinski definition) is 1. The van der Waals surface area contributed by atoms with Crippen molar-refractivity contribution >= 4 is 0 Å². The van der Waals surface area contributed by atoms with Crippen molar-refractivity contribution in [2.75, 3.05) is 6.54 Å². The molecule has 2 nitrogen and oxygen atoms in total. The largest absolute Gasteiger partial charge is 0.313 e. The van der Waals surface area contributed by atoms with Crippen molar-refractivity contribution in [1.82, 2.24) is 5.32 Å². The fraction of sp³-hybridized carbons (Fsp3) is 0.917. The summed E-state index contributed by atoms with van der Waals surface area (Å²) in [6.45, 7) is 12.4. The molecule has 0 spiro atoms. The van der Waals surface area contributed by atoms with Crippen molar-refractivity contribution in [2.24, 2.45) is 16.7 Å². The summed E-state index contributed by atoms with van der Waals surface area (Å²) in [7, 11) is 0. The predicted octanol–water partition coefficient (Wildman–Crippen LogP) is 2.56. The van der Waals surface area contributed by atoms with E-state index < -0.39 is 0 Å². The third-order valence-corrected chi connectivity index (χ3v) is 4.39. The van der Waals surface area contributed by atoms with Gasteiger partial charge in [0.25, 0.3) is 0 Å². The molecule has 0 saturated heterocycles. The summed E-state index contributed by atoms with van der Waals surface area (Å²) in [5.74, 6) is 0.746. The van der Waals surface area contributed by atoms with E-state index in [1.807, 2.05) is 0 Å². The predicted molar refractivity (Wildman–Crippen MR) is 58.7 cm³/mol. The van der Waals surface area contributed by atoms with E-state index in [4.69, 9.17) is 5.26 Å². The van der Waals surface area contributed by atoms with Gasteiger partial charge in [0.2, 0.25) is 0 Å². The first-order chi connectivity index (χ1) is 6.34. The van der Waals surface area contributed by atoms with Gasteiger partial charge < -0.3 is 5.32 Å². The first-order valence-corrected chi connectivity index (χ1v) is 5.44. The fourth-order valence-corrected chi connectivity index (χ4v) is 2.37. The zero-order valence-electron chi connectivity index (χ0n) is 10.0. The van der Waals surface area contributed by atoms with Crippen LogP contribution in [0.4, 0.5) is 0 Å². The number of nitriles is 1. The van der Waals surface area contributed by atoms with Crippen molar-refractivity contribution in [3.8, 4) is 6.07 Å². The Hall–Kier alpha value is -0.550. The first-order valence-electron chi connectivity index (χ1n) is 5.44. The minimum absolute atomic E-state index is 0.326. The average Bonchev–Trinajstić information content (AvgIpc) is 2.41. The molecule has 0 radical (unpaired) electrons. The van der Waals surface area contributed by atoms with Crippen LogP contribution in [0.1, 0.15) is 41.0 Å². The van der Waals surface area contributed by atoms with Gasteiger partial charge in [0, 0.05) is 6.04 Å². The third kappa shape index (κ3) is 1.79. The highest BCUT2D eigenvalue weighted by molar-refractivity contribution is 5.12. The topological polar surface area (TPSA) is 35.8 Å². The van der Waals surface area contributed by atoms with Crippen LogP contribution in [0, 0.1) is 28.1 Å². The van der Waals surface area contributed by atoms with Gasteiger partial charge in [0.05, 0.1) is 12.5 Å². The minimum Gasteiger partial charge on any atom is -0.313 e. The van der Waals surface area contributed by atoms with E-state index in [1.54, 1.807) is 0 Å². The van der Waals surface area contributed by atoms with E-state index in [-0.39, 0.29) is 0 Å². The molecule has 1 unspecified atom stereocenters. The molecule has 1 rings (SSSR count). The van der Waals surface area contributed by atoms with E-state index >= 15 is 0 Å². The summed E-state index contributed by atoms with van der Waals surface area (Å²) in [5.41, 5.74) is 0.902. The summed E-state index contributed by atoms with van der Waals surface area (Å²) in [6, 6.07) is 2.52. The molecule has 0 aromatic carbocycles. The summed E-state index contributed by atoms with van der Waals surface area (Å²) >= 11 is 0. The number of nitrogens with one attached hydrogen (secondary N) is 1. The van der Waals surface area contributed by atoms with Crippen molar-refractivity contribution < 1.29 is 0 Å². The Bertz CT molecular complexity index is 234. The Morgan fingerprint density at radius 1 is 1.29 bits per heavy atom. The molecule has 0 aliphatic heterocycles. The smallest absolute Gasteiger partial charge is 0.0638 e. The Morgan fingerprint density at radius 3 is 2.14 bits per heavy atom. The van der Waals surface area contributed by atoms with E-state index in [9.17, 15) is 0 Å². The standard InChI is InChI=1S/C12H22N2/c1-9(6-7-13)14-8-10-11(2,3)12(10,4)5/h9-10,14H,6,8H2,1-5H3. The molecule has 0 bridgehead atoms. The second-order valence-corrected chi connectivity index (χ2v) is 5.67. The molecule has 1 aliphatic rings. The molecular weight excluding hydrogens is 172 g/mol. The van der Waals surface area contributed by atoms with Crippen LogP contribution in [-0.4, -0.2) is 12.6 Å². The van der Waals surface area contributed by atoms with Crippen LogP contribution in [0.25, 0.3) is 0 Å². The third-order valence-electron chi connectivity index (χ3n) is 4.39. The quantitative estimate of drug-likeness (QED) is 0.746. The molecule has 1 fully saturated rings. The highest BCUT2D eigenvalue weighted by atomic mass is 14.9. The molecule has 1 atom stereocenters. The lowest BCUT2D eigenvalue weighted by molar-refractivity contribution is 0.457. The molecule has 14 heavy (non-hydrogen) atoms. The highest BCUT2D eigenvalue weighted by Gasteiger charge is 2.63. The van der Waals surface area contributed by atoms with Gasteiger partial charge >= 0.3 is 0 Å².